The SMILES string of the molecule is Cc1ccc(NC(=O)COc2ccc(Cl)cc2/C=C2\S/C(=N\N=C\c3ccc(N(C)C)cc3)N(Cc3ccco3)C2=O)cc1. The van der Waals surface area contributed by atoms with Gasteiger partial charge in [0, 0.05) is 36.1 Å². The van der Waals surface area contributed by atoms with E-state index in [2.05, 4.69) is 15.5 Å². The Morgan fingerprint density at radius 3 is 2.57 bits per heavy atom. The number of aryl methyl sites for hydroxylation is 1. The lowest BCUT2D eigenvalue weighted by Gasteiger charge is -2.13. The molecule has 11 heteroatoms. The number of benzene rings is 3. The summed E-state index contributed by atoms with van der Waals surface area (Å²) in [6.07, 6.45) is 4.86. The predicted molar refractivity (Wildman–Crippen MR) is 177 cm³/mol. The number of hydrogen-bond acceptors (Lipinski definition) is 8. The molecule has 1 fully saturated rings. The third-order valence-electron chi connectivity index (χ3n) is 6.49. The summed E-state index contributed by atoms with van der Waals surface area (Å²) in [4.78, 5) is 30.0. The van der Waals surface area contributed by atoms with Crippen LogP contribution in [-0.4, -0.2) is 48.8 Å². The molecule has 1 saturated heterocycles. The fraction of sp³-hybridized carbons (Fsp3) is 0.152. The molecule has 1 aliphatic heterocycles. The topological polar surface area (TPSA) is 99.7 Å². The van der Waals surface area contributed by atoms with Crippen molar-refractivity contribution in [3.8, 4) is 5.75 Å². The van der Waals surface area contributed by atoms with E-state index in [-0.39, 0.29) is 25.0 Å². The van der Waals surface area contributed by atoms with E-state index in [1.54, 1.807) is 48.9 Å². The Morgan fingerprint density at radius 2 is 1.86 bits per heavy atom. The number of halogens is 1. The Hall–Kier alpha value is -4.80. The number of anilines is 2. The number of amides is 2. The van der Waals surface area contributed by atoms with E-state index in [9.17, 15) is 9.59 Å². The standard InChI is InChI=1S/C33H30ClN5O4S/c1-22-6-11-26(12-7-22)36-31(40)21-43-29-15-10-25(34)17-24(29)18-30-32(41)39(20-28-5-4-16-42-28)33(44-30)37-35-19-23-8-13-27(14-9-23)38(2)3/h4-19H,20-21H2,1-3H3,(H,36,40)/b30-18-,35-19+,37-33-. The minimum Gasteiger partial charge on any atom is -0.483 e. The van der Waals surface area contributed by atoms with Gasteiger partial charge in [-0.25, -0.2) is 0 Å². The van der Waals surface area contributed by atoms with Gasteiger partial charge >= 0.3 is 0 Å². The highest BCUT2D eigenvalue weighted by Crippen LogP contribution is 2.36. The number of carbonyl (C=O) groups excluding carboxylic acids is 2. The Morgan fingerprint density at radius 1 is 1.09 bits per heavy atom. The molecule has 2 heterocycles. The molecule has 0 atom stereocenters. The van der Waals surface area contributed by atoms with E-state index in [0.29, 0.717) is 37.9 Å². The van der Waals surface area contributed by atoms with Crippen LogP contribution in [0.25, 0.3) is 6.08 Å². The number of rotatable bonds is 10. The Kier molecular flexibility index (Phi) is 9.83. The van der Waals surface area contributed by atoms with Crippen LogP contribution in [0, 0.1) is 6.92 Å². The number of ether oxygens (including phenoxy) is 1. The third-order valence-corrected chi connectivity index (χ3v) is 7.73. The number of amidine groups is 1. The third kappa shape index (κ3) is 7.97. The summed E-state index contributed by atoms with van der Waals surface area (Å²) in [5, 5.41) is 12.3. The molecule has 0 aliphatic carbocycles. The number of furan rings is 1. The summed E-state index contributed by atoms with van der Waals surface area (Å²) >= 11 is 7.48. The summed E-state index contributed by atoms with van der Waals surface area (Å²) in [6, 6.07) is 23.9. The Balaban J connectivity index is 1.35. The van der Waals surface area contributed by atoms with Crippen molar-refractivity contribution >= 4 is 64.0 Å². The van der Waals surface area contributed by atoms with Crippen LogP contribution < -0.4 is 15.0 Å². The van der Waals surface area contributed by atoms with Crippen molar-refractivity contribution in [1.82, 2.24) is 4.90 Å². The van der Waals surface area contributed by atoms with E-state index in [0.717, 1.165) is 16.8 Å². The monoisotopic (exact) mass is 627 g/mol. The van der Waals surface area contributed by atoms with E-state index >= 15 is 0 Å². The number of carbonyl (C=O) groups is 2. The number of nitrogens with one attached hydrogen (secondary N) is 1. The zero-order valence-corrected chi connectivity index (χ0v) is 25.9. The fourth-order valence-electron chi connectivity index (χ4n) is 4.17. The Bertz CT molecular complexity index is 1720. The molecule has 4 aromatic rings. The first kappa shape index (κ1) is 30.7. The average molecular weight is 628 g/mol. The zero-order chi connectivity index (χ0) is 31.1. The molecule has 1 aromatic heterocycles. The molecule has 0 unspecified atom stereocenters. The van der Waals surface area contributed by atoms with Crippen molar-refractivity contribution in [2.75, 3.05) is 30.9 Å². The van der Waals surface area contributed by atoms with E-state index in [4.69, 9.17) is 20.8 Å². The summed E-state index contributed by atoms with van der Waals surface area (Å²) in [7, 11) is 3.95. The minimum atomic E-state index is -0.318. The quantitative estimate of drug-likeness (QED) is 0.118. The van der Waals surface area contributed by atoms with E-state index < -0.39 is 0 Å². The van der Waals surface area contributed by atoms with Gasteiger partial charge in [0.2, 0.25) is 0 Å². The molecular weight excluding hydrogens is 598 g/mol. The van der Waals surface area contributed by atoms with Crippen LogP contribution in [0.5, 0.6) is 5.75 Å². The first-order valence-electron chi connectivity index (χ1n) is 13.7. The molecule has 1 N–H and O–H groups in total. The molecule has 0 bridgehead atoms. The molecule has 0 saturated carbocycles. The number of hydrogen-bond donors (Lipinski definition) is 1. The van der Waals surface area contributed by atoms with Gasteiger partial charge in [0.05, 0.1) is 23.9 Å². The highest BCUT2D eigenvalue weighted by molar-refractivity contribution is 8.18. The summed E-state index contributed by atoms with van der Waals surface area (Å²) < 4.78 is 11.3. The molecule has 2 amide bonds. The molecule has 0 radical (unpaired) electrons. The van der Waals surface area contributed by atoms with Crippen LogP contribution in [0.1, 0.15) is 22.5 Å². The van der Waals surface area contributed by atoms with Crippen LogP contribution in [0.15, 0.2) is 105 Å². The minimum absolute atomic E-state index is 0.181. The van der Waals surface area contributed by atoms with Gasteiger partial charge in [0.25, 0.3) is 11.8 Å². The van der Waals surface area contributed by atoms with Crippen molar-refractivity contribution in [3.63, 3.8) is 0 Å². The highest BCUT2D eigenvalue weighted by Gasteiger charge is 2.34. The second kappa shape index (κ2) is 14.1. The van der Waals surface area contributed by atoms with Gasteiger partial charge in [0.1, 0.15) is 11.5 Å². The van der Waals surface area contributed by atoms with Crippen LogP contribution in [0.3, 0.4) is 0 Å². The predicted octanol–water partition coefficient (Wildman–Crippen LogP) is 6.83. The maximum atomic E-state index is 13.6. The normalized spacial score (nSPS) is 15.0. The lowest BCUT2D eigenvalue weighted by molar-refractivity contribution is -0.122. The number of nitrogens with zero attached hydrogens (tertiary/aromatic N) is 4. The maximum Gasteiger partial charge on any atom is 0.267 e. The van der Waals surface area contributed by atoms with Gasteiger partial charge in [-0.15, -0.1) is 5.10 Å². The highest BCUT2D eigenvalue weighted by atomic mass is 35.5. The molecule has 0 spiro atoms. The average Bonchev–Trinajstić information content (AvgIpc) is 3.62. The van der Waals surface area contributed by atoms with Gasteiger partial charge in [0.15, 0.2) is 11.8 Å². The largest absolute Gasteiger partial charge is 0.483 e. The first-order chi connectivity index (χ1) is 21.2. The van der Waals surface area contributed by atoms with Crippen LogP contribution in [0.4, 0.5) is 11.4 Å². The molecular formula is C33H30ClN5O4S. The second-order valence-corrected chi connectivity index (χ2v) is 11.5. The maximum absolute atomic E-state index is 13.6. The van der Waals surface area contributed by atoms with Gasteiger partial charge in [-0.2, -0.15) is 5.10 Å². The van der Waals surface area contributed by atoms with Gasteiger partial charge < -0.3 is 19.4 Å². The van der Waals surface area contributed by atoms with Crippen LogP contribution >= 0.6 is 23.4 Å². The number of thioether (sulfide) groups is 1. The van der Waals surface area contributed by atoms with E-state index in [1.807, 2.05) is 74.4 Å². The van der Waals surface area contributed by atoms with Crippen molar-refractivity contribution in [2.45, 2.75) is 13.5 Å². The summed E-state index contributed by atoms with van der Waals surface area (Å²) in [5.41, 5.74) is 4.25. The second-order valence-electron chi connectivity index (χ2n) is 10.1. The van der Waals surface area contributed by atoms with Gasteiger partial charge in [-0.05, 0) is 84.9 Å². The first-order valence-corrected chi connectivity index (χ1v) is 14.9. The molecule has 44 heavy (non-hydrogen) atoms. The fourth-order valence-corrected chi connectivity index (χ4v) is 5.27. The smallest absolute Gasteiger partial charge is 0.267 e. The summed E-state index contributed by atoms with van der Waals surface area (Å²) in [6.45, 7) is 1.93. The summed E-state index contributed by atoms with van der Waals surface area (Å²) in [5.74, 6) is 0.403. The van der Waals surface area contributed by atoms with Gasteiger partial charge in [-0.1, -0.05) is 41.4 Å². The molecule has 3 aromatic carbocycles. The molecule has 224 valence electrons. The lowest BCUT2D eigenvalue weighted by Crippen LogP contribution is -2.28. The molecule has 5 rings (SSSR count). The van der Waals surface area contributed by atoms with Crippen molar-refractivity contribution in [3.05, 3.63) is 118 Å². The molecule has 9 nitrogen and oxygen atoms in total. The zero-order valence-electron chi connectivity index (χ0n) is 24.4. The van der Waals surface area contributed by atoms with Crippen LogP contribution in [0.2, 0.25) is 5.02 Å². The Labute approximate surface area is 264 Å². The van der Waals surface area contributed by atoms with Crippen molar-refractivity contribution < 1.29 is 18.7 Å². The lowest BCUT2D eigenvalue weighted by atomic mass is 10.2. The van der Waals surface area contributed by atoms with E-state index in [1.165, 1.54) is 16.7 Å². The van der Waals surface area contributed by atoms with Gasteiger partial charge in [-0.3, -0.25) is 14.5 Å². The van der Waals surface area contributed by atoms with Crippen LogP contribution in [-0.2, 0) is 16.1 Å². The molecule has 1 aliphatic rings. The van der Waals surface area contributed by atoms with Crippen molar-refractivity contribution in [1.29, 1.82) is 0 Å². The van der Waals surface area contributed by atoms with Crippen molar-refractivity contribution in [2.24, 2.45) is 10.2 Å².